The second kappa shape index (κ2) is 8.78. The van der Waals surface area contributed by atoms with Crippen LogP contribution in [0.5, 0.6) is 0 Å². The number of benzene rings is 1. The lowest BCUT2D eigenvalue weighted by Gasteiger charge is -2.27. The number of nitrogens with zero attached hydrogens (tertiary/aromatic N) is 1. The van der Waals surface area contributed by atoms with Gasteiger partial charge in [-0.05, 0) is 63.4 Å². The normalized spacial score (nSPS) is 11.8. The molecule has 1 heterocycles. The van der Waals surface area contributed by atoms with Gasteiger partial charge < -0.3 is 10.2 Å². The van der Waals surface area contributed by atoms with Crippen molar-refractivity contribution in [1.29, 1.82) is 0 Å². The van der Waals surface area contributed by atoms with Crippen LogP contribution in [0.3, 0.4) is 0 Å². The van der Waals surface area contributed by atoms with E-state index in [0.29, 0.717) is 11.4 Å². The Morgan fingerprint density at radius 1 is 1.25 bits per heavy atom. The van der Waals surface area contributed by atoms with Gasteiger partial charge in [0.15, 0.2) is 0 Å². The molecule has 0 fully saturated rings. The summed E-state index contributed by atoms with van der Waals surface area (Å²) in [5.41, 5.74) is 0.722. The van der Waals surface area contributed by atoms with E-state index in [2.05, 4.69) is 37.2 Å². The molecule has 2 amide bonds. The molecule has 0 aliphatic carbocycles. The van der Waals surface area contributed by atoms with E-state index >= 15 is 0 Å². The van der Waals surface area contributed by atoms with E-state index in [0.717, 1.165) is 20.4 Å². The Hall–Kier alpha value is -1.18. The van der Waals surface area contributed by atoms with Gasteiger partial charge in [0.1, 0.15) is 6.04 Å². The van der Waals surface area contributed by atoms with Crippen molar-refractivity contribution in [3.8, 4) is 0 Å². The Kier molecular flexibility index (Phi) is 7.01. The van der Waals surface area contributed by atoms with Crippen LogP contribution in [0.1, 0.15) is 29.9 Å². The van der Waals surface area contributed by atoms with Crippen LogP contribution in [0.15, 0.2) is 44.7 Å². The van der Waals surface area contributed by atoms with Crippen molar-refractivity contribution < 1.29 is 9.59 Å². The first-order valence-electron chi connectivity index (χ1n) is 7.55. The van der Waals surface area contributed by atoms with E-state index < -0.39 is 6.04 Å². The SMILES string of the molecule is CCCN(C(=O)c1cc(Br)c(Br)s1)C(C)C(=O)Nc1ccccc1. The number of carbonyl (C=O) groups excluding carboxylic acids is 2. The summed E-state index contributed by atoms with van der Waals surface area (Å²) in [4.78, 5) is 27.5. The van der Waals surface area contributed by atoms with Crippen LogP contribution < -0.4 is 5.32 Å². The first-order chi connectivity index (χ1) is 11.4. The van der Waals surface area contributed by atoms with Crippen LogP contribution in [-0.2, 0) is 4.79 Å². The summed E-state index contributed by atoms with van der Waals surface area (Å²) in [6.07, 6.45) is 0.780. The number of halogens is 2. The Morgan fingerprint density at radius 3 is 2.46 bits per heavy atom. The molecule has 0 spiro atoms. The number of hydrogen-bond acceptors (Lipinski definition) is 3. The largest absolute Gasteiger partial charge is 0.326 e. The maximum Gasteiger partial charge on any atom is 0.264 e. The molecule has 1 unspecified atom stereocenters. The Balaban J connectivity index is 2.16. The minimum absolute atomic E-state index is 0.135. The summed E-state index contributed by atoms with van der Waals surface area (Å²) in [6, 6.07) is 10.5. The van der Waals surface area contributed by atoms with E-state index in [1.165, 1.54) is 11.3 Å². The zero-order valence-corrected chi connectivity index (χ0v) is 17.4. The van der Waals surface area contributed by atoms with Gasteiger partial charge in [-0.1, -0.05) is 25.1 Å². The van der Waals surface area contributed by atoms with E-state index in [4.69, 9.17) is 0 Å². The highest BCUT2D eigenvalue weighted by molar-refractivity contribution is 9.13. The number of nitrogens with one attached hydrogen (secondary N) is 1. The molecule has 0 aliphatic heterocycles. The third-order valence-electron chi connectivity index (χ3n) is 3.47. The Labute approximate surface area is 162 Å². The second-order valence-corrected chi connectivity index (χ2v) is 8.49. The summed E-state index contributed by atoms with van der Waals surface area (Å²) in [7, 11) is 0. The quantitative estimate of drug-likeness (QED) is 0.630. The summed E-state index contributed by atoms with van der Waals surface area (Å²) in [6.45, 7) is 4.27. The van der Waals surface area contributed by atoms with Crippen molar-refractivity contribution in [1.82, 2.24) is 4.90 Å². The number of thiophene rings is 1. The average molecular weight is 474 g/mol. The van der Waals surface area contributed by atoms with Crippen LogP contribution in [0.2, 0.25) is 0 Å². The fourth-order valence-electron chi connectivity index (χ4n) is 2.22. The minimum Gasteiger partial charge on any atom is -0.326 e. The third-order valence-corrected chi connectivity index (χ3v) is 6.71. The number of amides is 2. The van der Waals surface area contributed by atoms with E-state index in [9.17, 15) is 9.59 Å². The topological polar surface area (TPSA) is 49.4 Å². The highest BCUT2D eigenvalue weighted by atomic mass is 79.9. The fourth-order valence-corrected chi connectivity index (χ4v) is 4.21. The van der Waals surface area contributed by atoms with Crippen molar-refractivity contribution in [2.45, 2.75) is 26.3 Å². The predicted molar refractivity (Wildman–Crippen MR) is 106 cm³/mol. The third kappa shape index (κ3) is 4.68. The molecule has 1 atom stereocenters. The van der Waals surface area contributed by atoms with Gasteiger partial charge in [-0.2, -0.15) is 0 Å². The fraction of sp³-hybridized carbons (Fsp3) is 0.294. The zero-order valence-electron chi connectivity index (χ0n) is 13.4. The maximum absolute atomic E-state index is 12.8. The van der Waals surface area contributed by atoms with Gasteiger partial charge in [0.2, 0.25) is 5.91 Å². The van der Waals surface area contributed by atoms with Crippen LogP contribution in [0.4, 0.5) is 5.69 Å². The highest BCUT2D eigenvalue weighted by Crippen LogP contribution is 2.33. The molecule has 1 aromatic heterocycles. The molecule has 24 heavy (non-hydrogen) atoms. The van der Waals surface area contributed by atoms with Crippen molar-refractivity contribution in [2.75, 3.05) is 11.9 Å². The summed E-state index contributed by atoms with van der Waals surface area (Å²) < 4.78 is 1.71. The molecule has 7 heteroatoms. The van der Waals surface area contributed by atoms with E-state index in [-0.39, 0.29) is 11.8 Å². The van der Waals surface area contributed by atoms with Gasteiger partial charge in [-0.3, -0.25) is 9.59 Å². The molecule has 128 valence electrons. The monoisotopic (exact) mass is 472 g/mol. The lowest BCUT2D eigenvalue weighted by molar-refractivity contribution is -0.120. The minimum atomic E-state index is -0.558. The number of anilines is 1. The molecule has 0 saturated carbocycles. The first kappa shape index (κ1) is 19.1. The molecule has 0 bridgehead atoms. The van der Waals surface area contributed by atoms with Crippen molar-refractivity contribution >= 4 is 60.7 Å². The smallest absolute Gasteiger partial charge is 0.264 e. The lowest BCUT2D eigenvalue weighted by Crippen LogP contribution is -2.45. The molecule has 2 aromatic rings. The molecule has 0 saturated heterocycles. The van der Waals surface area contributed by atoms with Crippen LogP contribution >= 0.6 is 43.2 Å². The molecule has 1 N–H and O–H groups in total. The zero-order chi connectivity index (χ0) is 17.7. The van der Waals surface area contributed by atoms with Crippen LogP contribution in [0.25, 0.3) is 0 Å². The number of rotatable bonds is 6. The van der Waals surface area contributed by atoms with Gasteiger partial charge in [-0.25, -0.2) is 0 Å². The van der Waals surface area contributed by atoms with Gasteiger partial charge in [0, 0.05) is 16.7 Å². The molecule has 2 rings (SSSR count). The molecular formula is C17H18Br2N2O2S. The Bertz CT molecular complexity index is 699. The summed E-state index contributed by atoms with van der Waals surface area (Å²) >= 11 is 8.16. The van der Waals surface area contributed by atoms with Crippen molar-refractivity contribution in [3.63, 3.8) is 0 Å². The number of para-hydroxylation sites is 1. The van der Waals surface area contributed by atoms with Crippen molar-refractivity contribution in [3.05, 3.63) is 49.5 Å². The molecule has 1 aromatic carbocycles. The van der Waals surface area contributed by atoms with Gasteiger partial charge in [0.05, 0.1) is 8.66 Å². The van der Waals surface area contributed by atoms with Crippen molar-refractivity contribution in [2.24, 2.45) is 0 Å². The van der Waals surface area contributed by atoms with Gasteiger partial charge in [0.25, 0.3) is 5.91 Å². The van der Waals surface area contributed by atoms with E-state index in [1.807, 2.05) is 37.3 Å². The lowest BCUT2D eigenvalue weighted by atomic mass is 10.2. The maximum atomic E-state index is 12.8. The molecule has 0 aliphatic rings. The number of hydrogen-bond donors (Lipinski definition) is 1. The summed E-state index contributed by atoms with van der Waals surface area (Å²) in [5, 5.41) is 2.86. The first-order valence-corrected chi connectivity index (χ1v) is 9.96. The molecule has 0 radical (unpaired) electrons. The van der Waals surface area contributed by atoms with Gasteiger partial charge >= 0.3 is 0 Å². The van der Waals surface area contributed by atoms with Crippen LogP contribution in [0, 0.1) is 0 Å². The standard InChI is InChI=1S/C17H18Br2N2O2S/c1-3-9-21(17(23)14-10-13(18)15(19)24-14)11(2)16(22)20-12-7-5-4-6-8-12/h4-8,10-11H,3,9H2,1-2H3,(H,20,22). The molecule has 4 nitrogen and oxygen atoms in total. The average Bonchev–Trinajstić information content (AvgIpc) is 2.91. The predicted octanol–water partition coefficient (Wildman–Crippen LogP) is 5.15. The van der Waals surface area contributed by atoms with E-state index in [1.54, 1.807) is 17.9 Å². The van der Waals surface area contributed by atoms with Crippen LogP contribution in [-0.4, -0.2) is 29.3 Å². The molecular weight excluding hydrogens is 456 g/mol. The summed E-state index contributed by atoms with van der Waals surface area (Å²) in [5.74, 6) is -0.332. The number of carbonyl (C=O) groups is 2. The second-order valence-electron chi connectivity index (χ2n) is 5.26. The highest BCUT2D eigenvalue weighted by Gasteiger charge is 2.27. The Morgan fingerprint density at radius 2 is 1.92 bits per heavy atom. The van der Waals surface area contributed by atoms with Gasteiger partial charge in [-0.15, -0.1) is 11.3 Å².